The summed E-state index contributed by atoms with van der Waals surface area (Å²) in [6.07, 6.45) is 4.71. The van der Waals surface area contributed by atoms with Crippen molar-refractivity contribution in [3.63, 3.8) is 0 Å². The topological polar surface area (TPSA) is 23.5 Å². The molecule has 2 heteroatoms. The Morgan fingerprint density at radius 1 is 1.40 bits per heavy atom. The van der Waals surface area contributed by atoms with Gasteiger partial charge in [0.2, 0.25) is 0 Å². The summed E-state index contributed by atoms with van der Waals surface area (Å²) in [7, 11) is 2.16. The van der Waals surface area contributed by atoms with E-state index in [4.69, 9.17) is 0 Å². The smallest absolute Gasteiger partial charge is 0.0631 e. The number of aliphatic hydroxyl groups is 1. The highest BCUT2D eigenvalue weighted by Gasteiger charge is 2.37. The summed E-state index contributed by atoms with van der Waals surface area (Å²) in [6.45, 7) is 8.80. The zero-order chi connectivity index (χ0) is 11.5. The second-order valence-electron chi connectivity index (χ2n) is 5.85. The van der Waals surface area contributed by atoms with Crippen molar-refractivity contribution in [2.45, 2.75) is 52.6 Å². The molecule has 1 saturated carbocycles. The molecular weight excluding hydrogens is 186 g/mol. The first-order chi connectivity index (χ1) is 6.97. The van der Waals surface area contributed by atoms with Gasteiger partial charge in [0, 0.05) is 6.54 Å². The Balaban J connectivity index is 2.47. The minimum absolute atomic E-state index is 0.120. The Hall–Kier alpha value is -0.0800. The van der Waals surface area contributed by atoms with Crippen molar-refractivity contribution in [2.75, 3.05) is 20.1 Å². The molecule has 0 aromatic rings. The van der Waals surface area contributed by atoms with Gasteiger partial charge >= 0.3 is 0 Å². The first-order valence-electron chi connectivity index (χ1n) is 6.34. The van der Waals surface area contributed by atoms with Crippen LogP contribution in [0.5, 0.6) is 0 Å². The van der Waals surface area contributed by atoms with E-state index in [-0.39, 0.29) is 11.5 Å². The fourth-order valence-corrected chi connectivity index (χ4v) is 2.83. The maximum Gasteiger partial charge on any atom is 0.0631 e. The van der Waals surface area contributed by atoms with E-state index in [1.165, 1.54) is 25.7 Å². The largest absolute Gasteiger partial charge is 0.392 e. The number of nitrogens with zero attached hydrogens (tertiary/aromatic N) is 1. The molecule has 90 valence electrons. The van der Waals surface area contributed by atoms with Gasteiger partial charge in [-0.3, -0.25) is 0 Å². The molecule has 1 fully saturated rings. The lowest BCUT2D eigenvalue weighted by Gasteiger charge is -2.42. The van der Waals surface area contributed by atoms with Crippen molar-refractivity contribution in [3.05, 3.63) is 0 Å². The Kier molecular flexibility index (Phi) is 4.60. The molecule has 0 bridgehead atoms. The molecule has 1 aliphatic carbocycles. The minimum Gasteiger partial charge on any atom is -0.392 e. The van der Waals surface area contributed by atoms with E-state index in [1.54, 1.807) is 0 Å². The van der Waals surface area contributed by atoms with Crippen molar-refractivity contribution < 1.29 is 5.11 Å². The van der Waals surface area contributed by atoms with E-state index in [2.05, 4.69) is 32.7 Å². The third-order valence-electron chi connectivity index (χ3n) is 3.79. The summed E-state index contributed by atoms with van der Waals surface area (Å²) in [4.78, 5) is 2.36. The quantitative estimate of drug-likeness (QED) is 0.775. The average molecular weight is 213 g/mol. The van der Waals surface area contributed by atoms with Gasteiger partial charge in [-0.15, -0.1) is 0 Å². The SMILES string of the molecule is CCCN(C)CC1CCCC(C)(C)C1O. The summed E-state index contributed by atoms with van der Waals surface area (Å²) < 4.78 is 0. The zero-order valence-corrected chi connectivity index (χ0v) is 10.8. The predicted octanol–water partition coefficient (Wildman–Crippen LogP) is 2.52. The minimum atomic E-state index is -0.120. The lowest BCUT2D eigenvalue weighted by atomic mass is 9.69. The van der Waals surface area contributed by atoms with Crippen molar-refractivity contribution in [1.29, 1.82) is 0 Å². The standard InChI is InChI=1S/C13H27NO/c1-5-9-14(4)10-11-7-6-8-13(2,3)12(11)15/h11-12,15H,5-10H2,1-4H3. The van der Waals surface area contributed by atoms with Gasteiger partial charge in [-0.1, -0.05) is 27.2 Å². The molecule has 15 heavy (non-hydrogen) atoms. The summed E-state index contributed by atoms with van der Waals surface area (Å²) in [5.74, 6) is 0.477. The van der Waals surface area contributed by atoms with Crippen LogP contribution in [0.25, 0.3) is 0 Å². The second-order valence-corrected chi connectivity index (χ2v) is 5.85. The molecule has 1 rings (SSSR count). The first-order valence-corrected chi connectivity index (χ1v) is 6.34. The van der Waals surface area contributed by atoms with Gasteiger partial charge < -0.3 is 10.0 Å². The number of hydrogen-bond donors (Lipinski definition) is 1. The Labute approximate surface area is 94.7 Å². The van der Waals surface area contributed by atoms with Gasteiger partial charge in [0.1, 0.15) is 0 Å². The molecule has 0 heterocycles. The van der Waals surface area contributed by atoms with Crippen molar-refractivity contribution in [1.82, 2.24) is 4.90 Å². The van der Waals surface area contributed by atoms with Gasteiger partial charge in [0.15, 0.2) is 0 Å². The molecular formula is C13H27NO. The highest BCUT2D eigenvalue weighted by Crippen LogP contribution is 2.39. The van der Waals surface area contributed by atoms with E-state index < -0.39 is 0 Å². The van der Waals surface area contributed by atoms with Crippen molar-refractivity contribution in [3.8, 4) is 0 Å². The van der Waals surface area contributed by atoms with E-state index in [9.17, 15) is 5.11 Å². The normalized spacial score (nSPS) is 30.8. The summed E-state index contributed by atoms with van der Waals surface area (Å²) in [5.41, 5.74) is 0.121. The highest BCUT2D eigenvalue weighted by atomic mass is 16.3. The lowest BCUT2D eigenvalue weighted by molar-refractivity contribution is -0.0408. The molecule has 0 radical (unpaired) electrons. The van der Waals surface area contributed by atoms with Crippen LogP contribution in [0.3, 0.4) is 0 Å². The summed E-state index contributed by atoms with van der Waals surface area (Å²) in [6, 6.07) is 0. The zero-order valence-electron chi connectivity index (χ0n) is 10.8. The van der Waals surface area contributed by atoms with Gasteiger partial charge in [-0.2, -0.15) is 0 Å². The van der Waals surface area contributed by atoms with Crippen LogP contribution in [0.15, 0.2) is 0 Å². The van der Waals surface area contributed by atoms with Crippen molar-refractivity contribution >= 4 is 0 Å². The van der Waals surface area contributed by atoms with Crippen LogP contribution in [-0.4, -0.2) is 36.2 Å². The molecule has 0 spiro atoms. The van der Waals surface area contributed by atoms with Crippen LogP contribution in [0.4, 0.5) is 0 Å². The van der Waals surface area contributed by atoms with Gasteiger partial charge in [0.25, 0.3) is 0 Å². The number of rotatable bonds is 4. The lowest BCUT2D eigenvalue weighted by Crippen LogP contribution is -2.44. The molecule has 1 N–H and O–H groups in total. The molecule has 0 aromatic carbocycles. The summed E-state index contributed by atoms with van der Waals surface area (Å²) >= 11 is 0. The molecule has 0 saturated heterocycles. The van der Waals surface area contributed by atoms with E-state index >= 15 is 0 Å². The molecule has 1 aliphatic rings. The number of hydrogen-bond acceptors (Lipinski definition) is 2. The Morgan fingerprint density at radius 2 is 2.07 bits per heavy atom. The van der Waals surface area contributed by atoms with Crippen LogP contribution in [0, 0.1) is 11.3 Å². The van der Waals surface area contributed by atoms with Crippen LogP contribution in [0.1, 0.15) is 46.5 Å². The van der Waals surface area contributed by atoms with E-state index in [0.29, 0.717) is 5.92 Å². The first kappa shape index (κ1) is 13.0. The molecule has 2 atom stereocenters. The molecule has 2 nitrogen and oxygen atoms in total. The van der Waals surface area contributed by atoms with Gasteiger partial charge in [-0.05, 0) is 44.2 Å². The Bertz CT molecular complexity index is 191. The van der Waals surface area contributed by atoms with Crippen LogP contribution < -0.4 is 0 Å². The van der Waals surface area contributed by atoms with Crippen LogP contribution in [-0.2, 0) is 0 Å². The molecule has 0 aliphatic heterocycles. The Morgan fingerprint density at radius 3 is 2.67 bits per heavy atom. The summed E-state index contributed by atoms with van der Waals surface area (Å²) in [5, 5.41) is 10.3. The van der Waals surface area contributed by atoms with E-state index in [0.717, 1.165) is 13.1 Å². The van der Waals surface area contributed by atoms with Crippen molar-refractivity contribution in [2.24, 2.45) is 11.3 Å². The molecule has 2 unspecified atom stereocenters. The molecule has 0 aromatic heterocycles. The fourth-order valence-electron chi connectivity index (χ4n) is 2.83. The van der Waals surface area contributed by atoms with Gasteiger partial charge in [-0.25, -0.2) is 0 Å². The maximum atomic E-state index is 10.3. The highest BCUT2D eigenvalue weighted by molar-refractivity contribution is 4.89. The second kappa shape index (κ2) is 5.31. The third kappa shape index (κ3) is 3.46. The monoisotopic (exact) mass is 213 g/mol. The average Bonchev–Trinajstić information content (AvgIpc) is 2.13. The third-order valence-corrected chi connectivity index (χ3v) is 3.79. The number of aliphatic hydroxyl groups excluding tert-OH is 1. The van der Waals surface area contributed by atoms with Gasteiger partial charge in [0.05, 0.1) is 6.10 Å². The molecule has 0 amide bonds. The van der Waals surface area contributed by atoms with Crippen LogP contribution >= 0.6 is 0 Å². The maximum absolute atomic E-state index is 10.3. The fraction of sp³-hybridized carbons (Fsp3) is 1.00. The van der Waals surface area contributed by atoms with E-state index in [1.807, 2.05) is 0 Å². The predicted molar refractivity (Wildman–Crippen MR) is 64.9 cm³/mol. The van der Waals surface area contributed by atoms with Crippen LogP contribution in [0.2, 0.25) is 0 Å².